The predicted molar refractivity (Wildman–Crippen MR) is 82.8 cm³/mol. The summed E-state index contributed by atoms with van der Waals surface area (Å²) >= 11 is 6.03. The summed E-state index contributed by atoms with van der Waals surface area (Å²) in [6, 6.07) is 3.21. The Labute approximate surface area is 130 Å². The lowest BCUT2D eigenvalue weighted by Crippen LogP contribution is -2.36. The number of hydrogen-bond acceptors (Lipinski definition) is 4. The van der Waals surface area contributed by atoms with E-state index >= 15 is 0 Å². The van der Waals surface area contributed by atoms with Gasteiger partial charge in [0.2, 0.25) is 0 Å². The molecule has 5 heteroatoms. The zero-order chi connectivity index (χ0) is 15.6. The maximum Gasteiger partial charge on any atom is 0.163 e. The molecule has 1 aliphatic heterocycles. The number of carbonyl (C=O) groups excluding carboxylic acids is 1. The van der Waals surface area contributed by atoms with Gasteiger partial charge in [0.15, 0.2) is 5.78 Å². The summed E-state index contributed by atoms with van der Waals surface area (Å²) in [7, 11) is 0. The van der Waals surface area contributed by atoms with E-state index in [0.717, 1.165) is 25.9 Å². The highest BCUT2D eigenvalue weighted by Crippen LogP contribution is 2.30. The van der Waals surface area contributed by atoms with Gasteiger partial charge in [-0.25, -0.2) is 0 Å². The summed E-state index contributed by atoms with van der Waals surface area (Å²) in [4.78, 5) is 13.7. The van der Waals surface area contributed by atoms with Crippen molar-refractivity contribution in [1.82, 2.24) is 4.90 Å². The average Bonchev–Trinajstić information content (AvgIpc) is 2.42. The highest BCUT2D eigenvalue weighted by molar-refractivity contribution is 6.31. The SMILES string of the molecule is CC(=O)c1cc(Cl)cc(CN2CCC(C(C)O)CC2)c1O. The molecule has 4 nitrogen and oxygen atoms in total. The molecule has 21 heavy (non-hydrogen) atoms. The first-order valence-corrected chi connectivity index (χ1v) is 7.69. The lowest BCUT2D eigenvalue weighted by Gasteiger charge is -2.33. The number of aliphatic hydroxyl groups excluding tert-OH is 1. The van der Waals surface area contributed by atoms with E-state index < -0.39 is 0 Å². The summed E-state index contributed by atoms with van der Waals surface area (Å²) < 4.78 is 0. The first kappa shape index (κ1) is 16.3. The molecule has 116 valence electrons. The fourth-order valence-corrected chi connectivity index (χ4v) is 3.12. The van der Waals surface area contributed by atoms with Gasteiger partial charge in [0, 0.05) is 17.1 Å². The quantitative estimate of drug-likeness (QED) is 0.839. The Morgan fingerprint density at radius 2 is 2.05 bits per heavy atom. The number of phenolic OH excluding ortho intramolecular Hbond substituents is 1. The second kappa shape index (κ2) is 6.77. The van der Waals surface area contributed by atoms with Crippen LogP contribution in [0.4, 0.5) is 0 Å². The normalized spacial score (nSPS) is 18.7. The van der Waals surface area contributed by atoms with Crippen molar-refractivity contribution in [2.45, 2.75) is 39.3 Å². The number of benzene rings is 1. The van der Waals surface area contributed by atoms with E-state index in [0.29, 0.717) is 23.0 Å². The van der Waals surface area contributed by atoms with E-state index in [4.69, 9.17) is 11.6 Å². The average molecular weight is 312 g/mol. The van der Waals surface area contributed by atoms with E-state index in [2.05, 4.69) is 4.90 Å². The molecule has 2 rings (SSSR count). The fourth-order valence-electron chi connectivity index (χ4n) is 2.88. The Balaban J connectivity index is 2.09. The van der Waals surface area contributed by atoms with Crippen LogP contribution in [0.1, 0.15) is 42.6 Å². The number of aromatic hydroxyl groups is 1. The maximum absolute atomic E-state index is 11.5. The Kier molecular flexibility index (Phi) is 5.25. The summed E-state index contributed by atoms with van der Waals surface area (Å²) in [6.07, 6.45) is 1.62. The largest absolute Gasteiger partial charge is 0.507 e. The van der Waals surface area contributed by atoms with Crippen LogP contribution in [0.15, 0.2) is 12.1 Å². The Bertz CT molecular complexity index is 522. The number of Topliss-reactive ketones (excluding diaryl/α,β-unsaturated/α-hetero) is 1. The molecular formula is C16H22ClNO3. The molecule has 0 aromatic heterocycles. The number of rotatable bonds is 4. The van der Waals surface area contributed by atoms with Crippen molar-refractivity contribution in [3.8, 4) is 5.75 Å². The second-order valence-corrected chi connectivity index (χ2v) is 6.31. The Hall–Kier alpha value is -1.10. The number of halogens is 1. The standard InChI is InChI=1S/C16H22ClNO3/c1-10(19)12-3-5-18(6-4-12)9-13-7-14(17)8-15(11(2)20)16(13)21/h7-8,10,12,19,21H,3-6,9H2,1-2H3. The molecule has 0 radical (unpaired) electrons. The molecule has 0 aliphatic carbocycles. The molecule has 1 heterocycles. The molecule has 1 aromatic carbocycles. The highest BCUT2D eigenvalue weighted by Gasteiger charge is 2.23. The van der Waals surface area contributed by atoms with Gasteiger partial charge in [-0.3, -0.25) is 9.69 Å². The topological polar surface area (TPSA) is 60.8 Å². The second-order valence-electron chi connectivity index (χ2n) is 5.87. The van der Waals surface area contributed by atoms with Crippen LogP contribution in [0, 0.1) is 5.92 Å². The summed E-state index contributed by atoms with van der Waals surface area (Å²) in [5, 5.41) is 20.3. The zero-order valence-corrected chi connectivity index (χ0v) is 13.2. The third kappa shape index (κ3) is 3.96. The number of aliphatic hydroxyl groups is 1. The Morgan fingerprint density at radius 3 is 2.57 bits per heavy atom. The van der Waals surface area contributed by atoms with Crippen LogP contribution < -0.4 is 0 Å². The number of hydrogen-bond donors (Lipinski definition) is 2. The number of nitrogens with zero attached hydrogens (tertiary/aromatic N) is 1. The lowest BCUT2D eigenvalue weighted by molar-refractivity contribution is 0.0692. The number of ketones is 1. The molecule has 1 aromatic rings. The van der Waals surface area contributed by atoms with E-state index in [-0.39, 0.29) is 23.2 Å². The maximum atomic E-state index is 11.5. The monoisotopic (exact) mass is 311 g/mol. The molecule has 1 fully saturated rings. The van der Waals surface area contributed by atoms with E-state index in [9.17, 15) is 15.0 Å². The van der Waals surface area contributed by atoms with Crippen LogP contribution >= 0.6 is 11.6 Å². The van der Waals surface area contributed by atoms with Crippen LogP contribution in [-0.4, -0.2) is 40.1 Å². The number of piperidine rings is 1. The van der Waals surface area contributed by atoms with E-state index in [1.807, 2.05) is 6.92 Å². The summed E-state index contributed by atoms with van der Waals surface area (Å²) in [5.74, 6) is 0.190. The summed E-state index contributed by atoms with van der Waals surface area (Å²) in [5.41, 5.74) is 0.958. The van der Waals surface area contributed by atoms with Gasteiger partial charge in [0.1, 0.15) is 5.75 Å². The van der Waals surface area contributed by atoms with Crippen molar-refractivity contribution in [2.24, 2.45) is 5.92 Å². The summed E-state index contributed by atoms with van der Waals surface area (Å²) in [6.45, 7) is 5.57. The minimum absolute atomic E-state index is 0.0320. The third-order valence-electron chi connectivity index (χ3n) is 4.24. The van der Waals surface area contributed by atoms with Crippen LogP contribution in [0.5, 0.6) is 5.75 Å². The molecule has 1 saturated heterocycles. The molecule has 1 aliphatic rings. The van der Waals surface area contributed by atoms with Crippen molar-refractivity contribution in [2.75, 3.05) is 13.1 Å². The number of carbonyl (C=O) groups is 1. The van der Waals surface area contributed by atoms with Crippen molar-refractivity contribution in [3.63, 3.8) is 0 Å². The molecular weight excluding hydrogens is 290 g/mol. The predicted octanol–water partition coefficient (Wildman–Crippen LogP) is 2.84. The molecule has 0 spiro atoms. The van der Waals surface area contributed by atoms with Crippen LogP contribution in [0.25, 0.3) is 0 Å². The lowest BCUT2D eigenvalue weighted by atomic mass is 9.92. The highest BCUT2D eigenvalue weighted by atomic mass is 35.5. The Morgan fingerprint density at radius 1 is 1.43 bits per heavy atom. The molecule has 0 amide bonds. The minimum Gasteiger partial charge on any atom is -0.507 e. The van der Waals surface area contributed by atoms with Crippen molar-refractivity contribution >= 4 is 17.4 Å². The van der Waals surface area contributed by atoms with Gasteiger partial charge in [-0.2, -0.15) is 0 Å². The zero-order valence-electron chi connectivity index (χ0n) is 12.5. The van der Waals surface area contributed by atoms with Crippen molar-refractivity contribution < 1.29 is 15.0 Å². The van der Waals surface area contributed by atoms with Crippen molar-refractivity contribution in [3.05, 3.63) is 28.3 Å². The molecule has 0 saturated carbocycles. The first-order valence-electron chi connectivity index (χ1n) is 7.31. The number of likely N-dealkylation sites (tertiary alicyclic amines) is 1. The molecule has 1 atom stereocenters. The third-order valence-corrected chi connectivity index (χ3v) is 4.46. The van der Waals surface area contributed by atoms with Crippen LogP contribution in [0.3, 0.4) is 0 Å². The molecule has 1 unspecified atom stereocenters. The number of phenols is 1. The van der Waals surface area contributed by atoms with E-state index in [1.165, 1.54) is 13.0 Å². The smallest absolute Gasteiger partial charge is 0.163 e. The van der Waals surface area contributed by atoms with Gasteiger partial charge < -0.3 is 10.2 Å². The van der Waals surface area contributed by atoms with Gasteiger partial charge in [-0.15, -0.1) is 0 Å². The van der Waals surface area contributed by atoms with Crippen LogP contribution in [0.2, 0.25) is 5.02 Å². The minimum atomic E-state index is -0.268. The molecule has 2 N–H and O–H groups in total. The fraction of sp³-hybridized carbons (Fsp3) is 0.562. The molecule has 0 bridgehead atoms. The van der Waals surface area contributed by atoms with Gasteiger partial charge in [0.05, 0.1) is 11.7 Å². The van der Waals surface area contributed by atoms with Crippen LogP contribution in [-0.2, 0) is 6.54 Å². The van der Waals surface area contributed by atoms with E-state index in [1.54, 1.807) is 6.07 Å². The first-order chi connectivity index (χ1) is 9.88. The van der Waals surface area contributed by atoms with Gasteiger partial charge in [-0.05, 0) is 57.8 Å². The van der Waals surface area contributed by atoms with Gasteiger partial charge in [-0.1, -0.05) is 11.6 Å². The van der Waals surface area contributed by atoms with Crippen molar-refractivity contribution in [1.29, 1.82) is 0 Å². The van der Waals surface area contributed by atoms with Gasteiger partial charge in [0.25, 0.3) is 0 Å². The van der Waals surface area contributed by atoms with Gasteiger partial charge >= 0.3 is 0 Å².